The Labute approximate surface area is 138 Å². The molecule has 0 aliphatic carbocycles. The maximum absolute atomic E-state index is 12.4. The van der Waals surface area contributed by atoms with Crippen molar-refractivity contribution < 1.29 is 19.2 Å². The largest absolute Gasteiger partial charge is 0.486 e. The summed E-state index contributed by atoms with van der Waals surface area (Å²) < 4.78 is 10.9. The molecule has 7 nitrogen and oxygen atoms in total. The number of non-ortho nitro benzene ring substituents is 1. The van der Waals surface area contributed by atoms with Crippen molar-refractivity contribution in [2.24, 2.45) is 0 Å². The van der Waals surface area contributed by atoms with E-state index < -0.39 is 10.8 Å². The molecule has 1 heterocycles. The van der Waals surface area contributed by atoms with E-state index in [0.29, 0.717) is 36.0 Å². The summed E-state index contributed by atoms with van der Waals surface area (Å²) in [7, 11) is 0. The van der Waals surface area contributed by atoms with Crippen molar-refractivity contribution >= 4 is 17.3 Å². The van der Waals surface area contributed by atoms with Gasteiger partial charge in [-0.1, -0.05) is 12.1 Å². The number of rotatable bonds is 4. The van der Waals surface area contributed by atoms with Crippen LogP contribution in [0.25, 0.3) is 0 Å². The van der Waals surface area contributed by atoms with Crippen LogP contribution in [-0.2, 0) is 4.79 Å². The monoisotopic (exact) mass is 328 g/mol. The number of nitrogens with one attached hydrogen (secondary N) is 1. The Bertz CT molecular complexity index is 773. The smallest absolute Gasteiger partial charge is 0.269 e. The molecule has 124 valence electrons. The van der Waals surface area contributed by atoms with Crippen molar-refractivity contribution in [1.82, 2.24) is 0 Å². The number of fused-ring (bicyclic) bond motifs is 1. The molecule has 24 heavy (non-hydrogen) atoms. The lowest BCUT2D eigenvalue weighted by molar-refractivity contribution is -0.384. The van der Waals surface area contributed by atoms with Crippen LogP contribution >= 0.6 is 0 Å². The van der Waals surface area contributed by atoms with E-state index in [-0.39, 0.29) is 11.6 Å². The summed E-state index contributed by atoms with van der Waals surface area (Å²) in [5, 5.41) is 13.5. The number of hydrogen-bond acceptors (Lipinski definition) is 5. The molecule has 0 aromatic heterocycles. The molecule has 0 radical (unpaired) electrons. The normalized spacial score (nSPS) is 13.9. The minimum absolute atomic E-state index is 0.00167. The standard InChI is InChI=1S/C17H16N2O5/c1-11(12-2-5-14(6-3-12)19(21)22)17(20)18-13-4-7-15-16(10-13)24-9-8-23-15/h2-7,10-11H,8-9H2,1H3,(H,18,20)/t11-/m0/s1. The fraction of sp³-hybridized carbons (Fsp3) is 0.235. The zero-order valence-electron chi connectivity index (χ0n) is 13.0. The molecule has 0 unspecified atom stereocenters. The minimum atomic E-state index is -0.469. The molecule has 0 spiro atoms. The van der Waals surface area contributed by atoms with Gasteiger partial charge >= 0.3 is 0 Å². The van der Waals surface area contributed by atoms with Gasteiger partial charge in [0.15, 0.2) is 11.5 Å². The predicted octanol–water partition coefficient (Wildman–Crippen LogP) is 3.11. The van der Waals surface area contributed by atoms with Crippen LogP contribution in [0.5, 0.6) is 11.5 Å². The summed E-state index contributed by atoms with van der Waals surface area (Å²) in [5.41, 5.74) is 1.31. The Morgan fingerprint density at radius 2 is 1.79 bits per heavy atom. The molecule has 0 saturated carbocycles. The third kappa shape index (κ3) is 3.29. The Kier molecular flexibility index (Phi) is 4.33. The van der Waals surface area contributed by atoms with Crippen LogP contribution in [0.3, 0.4) is 0 Å². The summed E-state index contributed by atoms with van der Waals surface area (Å²) in [6, 6.07) is 11.2. The first-order valence-corrected chi connectivity index (χ1v) is 7.49. The Balaban J connectivity index is 1.70. The molecule has 7 heteroatoms. The van der Waals surface area contributed by atoms with Crippen LogP contribution in [-0.4, -0.2) is 24.0 Å². The molecule has 3 rings (SSSR count). The second-order valence-electron chi connectivity index (χ2n) is 5.42. The first kappa shape index (κ1) is 15.8. The topological polar surface area (TPSA) is 90.7 Å². The van der Waals surface area contributed by atoms with Crippen molar-refractivity contribution in [1.29, 1.82) is 0 Å². The first-order chi connectivity index (χ1) is 11.5. The van der Waals surface area contributed by atoms with Crippen molar-refractivity contribution in [3.8, 4) is 11.5 Å². The number of benzene rings is 2. The summed E-state index contributed by atoms with van der Waals surface area (Å²) in [6.45, 7) is 2.73. The molecule has 2 aromatic carbocycles. The van der Waals surface area contributed by atoms with Crippen LogP contribution < -0.4 is 14.8 Å². The third-order valence-electron chi connectivity index (χ3n) is 3.81. The number of nitrogens with zero attached hydrogens (tertiary/aromatic N) is 1. The lowest BCUT2D eigenvalue weighted by Crippen LogP contribution is -2.19. The van der Waals surface area contributed by atoms with Gasteiger partial charge in [0, 0.05) is 23.9 Å². The minimum Gasteiger partial charge on any atom is -0.486 e. The van der Waals surface area contributed by atoms with Crippen LogP contribution in [0.15, 0.2) is 42.5 Å². The van der Waals surface area contributed by atoms with Gasteiger partial charge in [0.05, 0.1) is 10.8 Å². The molecule has 1 aliphatic rings. The molecule has 0 saturated heterocycles. The van der Waals surface area contributed by atoms with E-state index >= 15 is 0 Å². The quantitative estimate of drug-likeness (QED) is 0.688. The van der Waals surface area contributed by atoms with E-state index in [4.69, 9.17) is 9.47 Å². The molecule has 1 aliphatic heterocycles. The molecule has 1 atom stereocenters. The highest BCUT2D eigenvalue weighted by Gasteiger charge is 2.18. The van der Waals surface area contributed by atoms with E-state index in [1.807, 2.05) is 0 Å². The number of nitro groups is 1. The zero-order valence-corrected chi connectivity index (χ0v) is 13.0. The molecular weight excluding hydrogens is 312 g/mol. The van der Waals surface area contributed by atoms with Crippen LogP contribution in [0.1, 0.15) is 18.4 Å². The van der Waals surface area contributed by atoms with Gasteiger partial charge in [-0.3, -0.25) is 14.9 Å². The van der Waals surface area contributed by atoms with Crippen molar-refractivity contribution in [2.45, 2.75) is 12.8 Å². The van der Waals surface area contributed by atoms with Gasteiger partial charge in [-0.25, -0.2) is 0 Å². The summed E-state index contributed by atoms with van der Waals surface area (Å²) >= 11 is 0. The second kappa shape index (κ2) is 6.57. The zero-order chi connectivity index (χ0) is 17.1. The third-order valence-corrected chi connectivity index (χ3v) is 3.81. The Morgan fingerprint density at radius 1 is 1.12 bits per heavy atom. The van der Waals surface area contributed by atoms with E-state index in [0.717, 1.165) is 0 Å². The van der Waals surface area contributed by atoms with Gasteiger partial charge in [0.1, 0.15) is 13.2 Å². The van der Waals surface area contributed by atoms with Gasteiger partial charge in [0.2, 0.25) is 5.91 Å². The van der Waals surface area contributed by atoms with Crippen molar-refractivity contribution in [3.05, 3.63) is 58.1 Å². The first-order valence-electron chi connectivity index (χ1n) is 7.49. The highest BCUT2D eigenvalue weighted by atomic mass is 16.6. The van der Waals surface area contributed by atoms with Gasteiger partial charge in [-0.2, -0.15) is 0 Å². The molecule has 0 bridgehead atoms. The molecule has 1 N–H and O–H groups in total. The highest BCUT2D eigenvalue weighted by Crippen LogP contribution is 2.33. The maximum Gasteiger partial charge on any atom is 0.269 e. The van der Waals surface area contributed by atoms with Crippen LogP contribution in [0.2, 0.25) is 0 Å². The van der Waals surface area contributed by atoms with E-state index in [1.54, 1.807) is 37.3 Å². The van der Waals surface area contributed by atoms with E-state index in [9.17, 15) is 14.9 Å². The van der Waals surface area contributed by atoms with Gasteiger partial charge < -0.3 is 14.8 Å². The second-order valence-corrected chi connectivity index (χ2v) is 5.42. The molecule has 1 amide bonds. The molecule has 2 aromatic rings. The van der Waals surface area contributed by atoms with Gasteiger partial charge in [-0.05, 0) is 24.6 Å². The van der Waals surface area contributed by atoms with Crippen LogP contribution in [0, 0.1) is 10.1 Å². The highest BCUT2D eigenvalue weighted by molar-refractivity contribution is 5.95. The number of hydrogen-bond donors (Lipinski definition) is 1. The average Bonchev–Trinajstić information content (AvgIpc) is 2.61. The lowest BCUT2D eigenvalue weighted by atomic mass is 10.00. The summed E-state index contributed by atoms with van der Waals surface area (Å²) in [6.07, 6.45) is 0. The average molecular weight is 328 g/mol. The number of carbonyl (C=O) groups excluding carboxylic acids is 1. The fourth-order valence-corrected chi connectivity index (χ4v) is 2.41. The Morgan fingerprint density at radius 3 is 2.46 bits per heavy atom. The van der Waals surface area contributed by atoms with E-state index in [2.05, 4.69) is 5.32 Å². The Hall–Kier alpha value is -3.09. The maximum atomic E-state index is 12.4. The molecule has 0 fully saturated rings. The number of carbonyl (C=O) groups is 1. The van der Waals surface area contributed by atoms with Gasteiger partial charge in [0.25, 0.3) is 5.69 Å². The van der Waals surface area contributed by atoms with E-state index in [1.165, 1.54) is 12.1 Å². The lowest BCUT2D eigenvalue weighted by Gasteiger charge is -2.19. The SMILES string of the molecule is C[C@H](C(=O)Nc1ccc2c(c1)OCCO2)c1ccc([N+](=O)[O-])cc1. The summed E-state index contributed by atoms with van der Waals surface area (Å²) in [4.78, 5) is 22.6. The number of ether oxygens (including phenoxy) is 2. The number of anilines is 1. The van der Waals surface area contributed by atoms with Crippen molar-refractivity contribution in [3.63, 3.8) is 0 Å². The number of nitro benzene ring substituents is 1. The molecular formula is C17H16N2O5. The predicted molar refractivity (Wildman–Crippen MR) is 87.6 cm³/mol. The van der Waals surface area contributed by atoms with Crippen LogP contribution in [0.4, 0.5) is 11.4 Å². The summed E-state index contributed by atoms with van der Waals surface area (Å²) in [5.74, 6) is 0.601. The number of amides is 1. The fourth-order valence-electron chi connectivity index (χ4n) is 2.41. The van der Waals surface area contributed by atoms with Crippen molar-refractivity contribution in [2.75, 3.05) is 18.5 Å². The van der Waals surface area contributed by atoms with Gasteiger partial charge in [-0.15, -0.1) is 0 Å².